The van der Waals surface area contributed by atoms with E-state index in [0.29, 0.717) is 30.3 Å². The van der Waals surface area contributed by atoms with Gasteiger partial charge in [0.15, 0.2) is 11.5 Å². The van der Waals surface area contributed by atoms with Crippen LogP contribution >= 0.6 is 0 Å². The number of benzene rings is 2. The van der Waals surface area contributed by atoms with Crippen LogP contribution in [0.1, 0.15) is 17.2 Å². The fourth-order valence-corrected chi connectivity index (χ4v) is 2.42. The Balaban J connectivity index is 1.47. The lowest BCUT2D eigenvalue weighted by Gasteiger charge is -2.20. The van der Waals surface area contributed by atoms with Crippen molar-refractivity contribution in [1.29, 1.82) is 0 Å². The number of carbonyl (C=O) groups excluding carboxylic acids is 1. The zero-order chi connectivity index (χ0) is 17.6. The number of aliphatic hydroxyl groups is 1. The molecular weight excluding hydrogens is 327 g/mol. The summed E-state index contributed by atoms with van der Waals surface area (Å²) in [4.78, 5) is 11.8. The number of ether oxygens (including phenoxy) is 2. The highest BCUT2D eigenvalue weighted by atomic mass is 19.1. The average molecular weight is 346 g/mol. The van der Waals surface area contributed by atoms with Crippen molar-refractivity contribution in [3.05, 3.63) is 59.4 Å². The van der Waals surface area contributed by atoms with Crippen LogP contribution in [-0.2, 0) is 6.54 Å². The van der Waals surface area contributed by atoms with E-state index in [9.17, 15) is 14.3 Å². The minimum Gasteiger partial charge on any atom is -0.486 e. The predicted octanol–water partition coefficient (Wildman–Crippen LogP) is 2.13. The average Bonchev–Trinajstić information content (AvgIpc) is 2.65. The van der Waals surface area contributed by atoms with Gasteiger partial charge < -0.3 is 25.2 Å². The van der Waals surface area contributed by atoms with Gasteiger partial charge in [-0.2, -0.15) is 0 Å². The van der Waals surface area contributed by atoms with Crippen molar-refractivity contribution < 1.29 is 23.8 Å². The number of halogens is 1. The maximum absolute atomic E-state index is 12.8. The minimum atomic E-state index is -0.868. The molecule has 3 N–H and O–H groups in total. The van der Waals surface area contributed by atoms with E-state index in [1.54, 1.807) is 30.3 Å². The number of aliphatic hydroxyl groups excluding tert-OH is 1. The third kappa shape index (κ3) is 4.60. The quantitative estimate of drug-likeness (QED) is 0.775. The molecule has 0 aromatic heterocycles. The third-order valence-electron chi connectivity index (χ3n) is 3.77. The molecule has 0 radical (unpaired) electrons. The molecule has 0 aliphatic carbocycles. The van der Waals surface area contributed by atoms with Crippen molar-refractivity contribution in [2.75, 3.05) is 19.8 Å². The summed E-state index contributed by atoms with van der Waals surface area (Å²) in [5.74, 6) is 0.909. The molecule has 2 aromatic rings. The van der Waals surface area contributed by atoms with Crippen molar-refractivity contribution in [3.8, 4) is 11.5 Å². The second-order valence-corrected chi connectivity index (χ2v) is 5.61. The smallest absolute Gasteiger partial charge is 0.315 e. The molecule has 6 nitrogen and oxygen atoms in total. The van der Waals surface area contributed by atoms with Crippen molar-refractivity contribution in [3.63, 3.8) is 0 Å². The van der Waals surface area contributed by atoms with Crippen LogP contribution in [0.3, 0.4) is 0 Å². The predicted molar refractivity (Wildman–Crippen MR) is 89.0 cm³/mol. The molecule has 2 amide bonds. The number of fused-ring (bicyclic) bond motifs is 1. The number of rotatable bonds is 5. The molecule has 1 aliphatic rings. The summed E-state index contributed by atoms with van der Waals surface area (Å²) in [6, 6.07) is 10.6. The van der Waals surface area contributed by atoms with Gasteiger partial charge in [0.05, 0.1) is 6.10 Å². The minimum absolute atomic E-state index is 0.0505. The first-order valence-corrected chi connectivity index (χ1v) is 7.95. The Morgan fingerprint density at radius 3 is 2.56 bits per heavy atom. The first kappa shape index (κ1) is 17.0. The van der Waals surface area contributed by atoms with Crippen LogP contribution in [0.2, 0.25) is 0 Å². The Bertz CT molecular complexity index is 736. The molecule has 25 heavy (non-hydrogen) atoms. The summed E-state index contributed by atoms with van der Waals surface area (Å²) >= 11 is 0. The summed E-state index contributed by atoms with van der Waals surface area (Å²) in [5, 5.41) is 15.4. The first-order valence-electron chi connectivity index (χ1n) is 7.95. The lowest BCUT2D eigenvalue weighted by Crippen LogP contribution is -2.37. The van der Waals surface area contributed by atoms with Gasteiger partial charge in [-0.15, -0.1) is 0 Å². The van der Waals surface area contributed by atoms with Crippen molar-refractivity contribution in [2.24, 2.45) is 0 Å². The molecule has 0 saturated carbocycles. The van der Waals surface area contributed by atoms with Crippen LogP contribution < -0.4 is 20.1 Å². The molecule has 0 saturated heterocycles. The summed E-state index contributed by atoms with van der Waals surface area (Å²) in [5.41, 5.74) is 1.41. The zero-order valence-electron chi connectivity index (χ0n) is 13.5. The molecule has 1 atom stereocenters. The number of amides is 2. The third-order valence-corrected chi connectivity index (χ3v) is 3.77. The van der Waals surface area contributed by atoms with Gasteiger partial charge in [-0.3, -0.25) is 0 Å². The van der Waals surface area contributed by atoms with Gasteiger partial charge in [-0.25, -0.2) is 9.18 Å². The summed E-state index contributed by atoms with van der Waals surface area (Å²) in [6.07, 6.45) is -0.868. The molecule has 1 unspecified atom stereocenters. The maximum Gasteiger partial charge on any atom is 0.315 e. The Morgan fingerprint density at radius 1 is 1.08 bits per heavy atom. The van der Waals surface area contributed by atoms with Crippen LogP contribution in [0.25, 0.3) is 0 Å². The zero-order valence-corrected chi connectivity index (χ0v) is 13.5. The normalized spacial score (nSPS) is 13.8. The Kier molecular flexibility index (Phi) is 5.35. The highest BCUT2D eigenvalue weighted by Crippen LogP contribution is 2.32. The lowest BCUT2D eigenvalue weighted by atomic mass is 10.1. The van der Waals surface area contributed by atoms with Gasteiger partial charge >= 0.3 is 6.03 Å². The number of hydrogen-bond acceptors (Lipinski definition) is 4. The van der Waals surface area contributed by atoms with E-state index in [1.807, 2.05) is 0 Å². The number of urea groups is 1. The summed E-state index contributed by atoms with van der Waals surface area (Å²) in [6.45, 7) is 1.29. The van der Waals surface area contributed by atoms with E-state index in [2.05, 4.69) is 10.6 Å². The van der Waals surface area contributed by atoms with Crippen LogP contribution in [0.4, 0.5) is 9.18 Å². The van der Waals surface area contributed by atoms with Crippen LogP contribution in [-0.4, -0.2) is 30.9 Å². The molecule has 1 heterocycles. The highest BCUT2D eigenvalue weighted by molar-refractivity contribution is 5.73. The second kappa shape index (κ2) is 7.85. The Labute approximate surface area is 144 Å². The molecule has 2 aromatic carbocycles. The van der Waals surface area contributed by atoms with Gasteiger partial charge in [0, 0.05) is 13.1 Å². The van der Waals surface area contributed by atoms with Crippen molar-refractivity contribution in [1.82, 2.24) is 10.6 Å². The lowest BCUT2D eigenvalue weighted by molar-refractivity contribution is 0.163. The molecule has 0 bridgehead atoms. The molecular formula is C18H19FN2O4. The summed E-state index contributed by atoms with van der Waals surface area (Å²) in [7, 11) is 0. The largest absolute Gasteiger partial charge is 0.486 e. The van der Waals surface area contributed by atoms with E-state index in [1.165, 1.54) is 12.1 Å². The molecule has 132 valence electrons. The fourth-order valence-electron chi connectivity index (χ4n) is 2.42. The highest BCUT2D eigenvalue weighted by Gasteiger charge is 2.16. The number of carbonyl (C=O) groups is 1. The number of nitrogens with one attached hydrogen (secondary N) is 2. The second-order valence-electron chi connectivity index (χ2n) is 5.61. The SMILES string of the molecule is O=C(NCc1ccc(F)cc1)NCC(O)c1ccc2c(c1)OCCO2. The first-order chi connectivity index (χ1) is 12.1. The van der Waals surface area contributed by atoms with Gasteiger partial charge in [0.1, 0.15) is 19.0 Å². The molecule has 7 heteroatoms. The monoisotopic (exact) mass is 346 g/mol. The van der Waals surface area contributed by atoms with Crippen LogP contribution in [0, 0.1) is 5.82 Å². The van der Waals surface area contributed by atoms with E-state index in [-0.39, 0.29) is 18.9 Å². The van der Waals surface area contributed by atoms with E-state index in [4.69, 9.17) is 9.47 Å². The molecule has 0 fully saturated rings. The molecule has 1 aliphatic heterocycles. The summed E-state index contributed by atoms with van der Waals surface area (Å²) < 4.78 is 23.7. The van der Waals surface area contributed by atoms with E-state index >= 15 is 0 Å². The number of hydrogen-bond donors (Lipinski definition) is 3. The fraction of sp³-hybridized carbons (Fsp3) is 0.278. The van der Waals surface area contributed by atoms with Gasteiger partial charge in [0.25, 0.3) is 0 Å². The van der Waals surface area contributed by atoms with Crippen LogP contribution in [0.15, 0.2) is 42.5 Å². The van der Waals surface area contributed by atoms with Crippen molar-refractivity contribution >= 4 is 6.03 Å². The van der Waals surface area contributed by atoms with Gasteiger partial charge in [0.2, 0.25) is 0 Å². The standard InChI is InChI=1S/C18H19FN2O4/c19-14-4-1-12(2-5-14)10-20-18(23)21-11-15(22)13-3-6-16-17(9-13)25-8-7-24-16/h1-6,9,15,22H,7-8,10-11H2,(H2,20,21,23). The van der Waals surface area contributed by atoms with E-state index < -0.39 is 12.1 Å². The van der Waals surface area contributed by atoms with Crippen molar-refractivity contribution in [2.45, 2.75) is 12.6 Å². The van der Waals surface area contributed by atoms with E-state index in [0.717, 1.165) is 5.56 Å². The van der Waals surface area contributed by atoms with Crippen LogP contribution in [0.5, 0.6) is 11.5 Å². The maximum atomic E-state index is 12.8. The molecule has 3 rings (SSSR count). The molecule has 0 spiro atoms. The Hall–Kier alpha value is -2.80. The Morgan fingerprint density at radius 2 is 1.80 bits per heavy atom. The topological polar surface area (TPSA) is 79.8 Å². The van der Waals surface area contributed by atoms with Gasteiger partial charge in [-0.05, 0) is 35.4 Å². The van der Waals surface area contributed by atoms with Gasteiger partial charge in [-0.1, -0.05) is 18.2 Å².